The van der Waals surface area contributed by atoms with E-state index in [4.69, 9.17) is 17.9 Å². The van der Waals surface area contributed by atoms with Crippen LogP contribution >= 0.6 is 11.3 Å². The summed E-state index contributed by atoms with van der Waals surface area (Å²) >= 11 is 1.30. The summed E-state index contributed by atoms with van der Waals surface area (Å²) in [6.45, 7) is 2.05. The summed E-state index contributed by atoms with van der Waals surface area (Å²) in [5.41, 5.74) is 11.6. The fourth-order valence-corrected chi connectivity index (χ4v) is 2.84. The number of hydrogen-bond acceptors (Lipinski definition) is 6. The first-order valence-corrected chi connectivity index (χ1v) is 6.92. The number of anilines is 2. The van der Waals surface area contributed by atoms with Crippen molar-refractivity contribution in [3.8, 4) is 12.3 Å². The average molecular weight is 279 g/mol. The number of aromatic nitrogens is 1. The van der Waals surface area contributed by atoms with Crippen LogP contribution in [0.5, 0.6) is 0 Å². The number of hydrogen-bond donors (Lipinski definition) is 3. The van der Waals surface area contributed by atoms with Crippen LogP contribution in [0, 0.1) is 12.3 Å². The van der Waals surface area contributed by atoms with Gasteiger partial charge in [0.25, 0.3) is 5.91 Å². The van der Waals surface area contributed by atoms with E-state index < -0.39 is 0 Å². The molecule has 0 spiro atoms. The molecule has 102 valence electrons. The Morgan fingerprint density at radius 1 is 1.68 bits per heavy atom. The summed E-state index contributed by atoms with van der Waals surface area (Å²) in [7, 11) is 0. The molecule has 5 N–H and O–H groups in total. The van der Waals surface area contributed by atoms with Gasteiger partial charge in [-0.3, -0.25) is 4.79 Å². The SMILES string of the molecule is C#CCCNC(=O)c1sc(N2CCC(N)C2)nc1N. The second kappa shape index (κ2) is 5.91. The maximum absolute atomic E-state index is 11.9. The van der Waals surface area contributed by atoms with Gasteiger partial charge in [-0.15, -0.1) is 12.3 Å². The van der Waals surface area contributed by atoms with Crippen LogP contribution in [0.2, 0.25) is 0 Å². The summed E-state index contributed by atoms with van der Waals surface area (Å²) < 4.78 is 0. The fourth-order valence-electron chi connectivity index (χ4n) is 1.91. The highest BCUT2D eigenvalue weighted by Gasteiger charge is 2.24. The molecule has 7 heteroatoms. The molecular weight excluding hydrogens is 262 g/mol. The number of nitrogens with zero attached hydrogens (tertiary/aromatic N) is 2. The number of rotatable bonds is 4. The molecule has 2 rings (SSSR count). The summed E-state index contributed by atoms with van der Waals surface area (Å²) in [5.74, 6) is 2.50. The third kappa shape index (κ3) is 3.16. The van der Waals surface area contributed by atoms with E-state index >= 15 is 0 Å². The van der Waals surface area contributed by atoms with Crippen LogP contribution in [0.4, 0.5) is 10.9 Å². The van der Waals surface area contributed by atoms with Gasteiger partial charge in [-0.2, -0.15) is 0 Å². The Balaban J connectivity index is 2.04. The smallest absolute Gasteiger partial charge is 0.265 e. The maximum Gasteiger partial charge on any atom is 0.265 e. The number of amides is 1. The van der Waals surface area contributed by atoms with Crippen molar-refractivity contribution in [3.05, 3.63) is 4.88 Å². The molecule has 1 aliphatic heterocycles. The van der Waals surface area contributed by atoms with E-state index in [0.29, 0.717) is 17.8 Å². The van der Waals surface area contributed by atoms with Crippen molar-refractivity contribution in [3.63, 3.8) is 0 Å². The van der Waals surface area contributed by atoms with Crippen molar-refractivity contribution >= 4 is 28.2 Å². The third-order valence-electron chi connectivity index (χ3n) is 2.90. The van der Waals surface area contributed by atoms with Gasteiger partial charge in [0.1, 0.15) is 10.7 Å². The first kappa shape index (κ1) is 13.6. The van der Waals surface area contributed by atoms with Gasteiger partial charge < -0.3 is 21.7 Å². The van der Waals surface area contributed by atoms with Gasteiger partial charge in [0.15, 0.2) is 5.13 Å². The zero-order chi connectivity index (χ0) is 13.8. The van der Waals surface area contributed by atoms with Crippen molar-refractivity contribution in [2.75, 3.05) is 30.3 Å². The lowest BCUT2D eigenvalue weighted by molar-refractivity contribution is 0.0959. The molecule has 0 aromatic carbocycles. The number of carbonyl (C=O) groups is 1. The number of nitrogens with two attached hydrogens (primary N) is 2. The van der Waals surface area contributed by atoms with Gasteiger partial charge in [0.05, 0.1) is 0 Å². The van der Waals surface area contributed by atoms with Crippen LogP contribution in [0.1, 0.15) is 22.5 Å². The highest BCUT2D eigenvalue weighted by molar-refractivity contribution is 7.18. The van der Waals surface area contributed by atoms with Crippen molar-refractivity contribution < 1.29 is 4.79 Å². The van der Waals surface area contributed by atoms with Crippen molar-refractivity contribution in [1.29, 1.82) is 0 Å². The van der Waals surface area contributed by atoms with E-state index in [0.717, 1.165) is 24.6 Å². The first-order valence-electron chi connectivity index (χ1n) is 6.10. The molecule has 0 saturated carbocycles. The largest absolute Gasteiger partial charge is 0.382 e. The number of nitrogen functional groups attached to an aromatic ring is 1. The lowest BCUT2D eigenvalue weighted by Gasteiger charge is -2.12. The van der Waals surface area contributed by atoms with E-state index in [1.807, 2.05) is 0 Å². The first-order chi connectivity index (χ1) is 9.11. The molecule has 1 aromatic heterocycles. The maximum atomic E-state index is 11.9. The van der Waals surface area contributed by atoms with Gasteiger partial charge in [-0.25, -0.2) is 4.98 Å². The molecule has 1 saturated heterocycles. The Kier molecular flexibility index (Phi) is 4.24. The second-order valence-corrected chi connectivity index (χ2v) is 5.39. The minimum Gasteiger partial charge on any atom is -0.382 e. The monoisotopic (exact) mass is 279 g/mol. The molecule has 1 amide bonds. The minimum absolute atomic E-state index is 0.165. The lowest BCUT2D eigenvalue weighted by atomic mass is 10.3. The molecule has 19 heavy (non-hydrogen) atoms. The third-order valence-corrected chi connectivity index (χ3v) is 4.03. The quantitative estimate of drug-likeness (QED) is 0.533. The highest BCUT2D eigenvalue weighted by Crippen LogP contribution is 2.30. The topological polar surface area (TPSA) is 97.3 Å². The van der Waals surface area contributed by atoms with Crippen molar-refractivity contribution in [2.24, 2.45) is 5.73 Å². The summed E-state index contributed by atoms with van der Waals surface area (Å²) in [5, 5.41) is 3.48. The van der Waals surface area contributed by atoms with Crippen LogP contribution in [0.25, 0.3) is 0 Å². The standard InChI is InChI=1S/C12H17N5OS/c1-2-3-5-15-11(18)9-10(14)16-12(19-9)17-6-4-8(13)7-17/h1,8H,3-7,13-14H2,(H,15,18). The van der Waals surface area contributed by atoms with Crippen LogP contribution in [0.3, 0.4) is 0 Å². The Morgan fingerprint density at radius 3 is 3.11 bits per heavy atom. The van der Waals surface area contributed by atoms with Crippen LogP contribution in [-0.2, 0) is 0 Å². The zero-order valence-electron chi connectivity index (χ0n) is 10.6. The average Bonchev–Trinajstić information content (AvgIpc) is 2.95. The molecule has 6 nitrogen and oxygen atoms in total. The summed E-state index contributed by atoms with van der Waals surface area (Å²) in [6.07, 6.45) is 6.56. The van der Waals surface area contributed by atoms with Gasteiger partial charge in [0.2, 0.25) is 0 Å². The molecule has 1 aliphatic rings. The van der Waals surface area contributed by atoms with Gasteiger partial charge >= 0.3 is 0 Å². The minimum atomic E-state index is -0.222. The fraction of sp³-hybridized carbons (Fsp3) is 0.500. The summed E-state index contributed by atoms with van der Waals surface area (Å²) in [4.78, 5) is 18.6. The van der Waals surface area contributed by atoms with Crippen LogP contribution < -0.4 is 21.7 Å². The zero-order valence-corrected chi connectivity index (χ0v) is 11.4. The lowest BCUT2D eigenvalue weighted by Crippen LogP contribution is -2.26. The predicted molar refractivity (Wildman–Crippen MR) is 77.1 cm³/mol. The Bertz CT molecular complexity index is 507. The van der Waals surface area contributed by atoms with Crippen molar-refractivity contribution in [2.45, 2.75) is 18.9 Å². The molecule has 0 bridgehead atoms. The molecule has 1 aromatic rings. The van der Waals surface area contributed by atoms with E-state index in [2.05, 4.69) is 21.1 Å². The van der Waals surface area contributed by atoms with Crippen molar-refractivity contribution in [1.82, 2.24) is 10.3 Å². The molecule has 1 unspecified atom stereocenters. The second-order valence-electron chi connectivity index (χ2n) is 4.42. The van der Waals surface area contributed by atoms with Gasteiger partial charge in [-0.05, 0) is 6.42 Å². The number of nitrogens with one attached hydrogen (secondary N) is 1. The Labute approximate surface area is 116 Å². The number of carbonyl (C=O) groups excluding carboxylic acids is 1. The predicted octanol–water partition coefficient (Wildman–Crippen LogP) is 0.0158. The highest BCUT2D eigenvalue weighted by atomic mass is 32.1. The Hall–Kier alpha value is -1.78. The molecule has 1 fully saturated rings. The summed E-state index contributed by atoms with van der Waals surface area (Å²) in [6, 6.07) is 0.165. The van der Waals surface area contributed by atoms with Crippen LogP contribution in [0.15, 0.2) is 0 Å². The molecular formula is C12H17N5OS. The molecule has 2 heterocycles. The molecule has 0 radical (unpaired) electrons. The van der Waals surface area contributed by atoms with E-state index in [9.17, 15) is 4.79 Å². The van der Waals surface area contributed by atoms with Gasteiger partial charge in [-0.1, -0.05) is 11.3 Å². The Morgan fingerprint density at radius 2 is 2.47 bits per heavy atom. The van der Waals surface area contributed by atoms with E-state index in [1.165, 1.54) is 11.3 Å². The molecule has 0 aliphatic carbocycles. The number of thiazole rings is 1. The molecule has 1 atom stereocenters. The van der Waals surface area contributed by atoms with E-state index in [-0.39, 0.29) is 17.8 Å². The normalized spacial score (nSPS) is 18.3. The van der Waals surface area contributed by atoms with E-state index in [1.54, 1.807) is 0 Å². The van der Waals surface area contributed by atoms with Gasteiger partial charge in [0, 0.05) is 32.1 Å². The number of terminal acetylenes is 1. The van der Waals surface area contributed by atoms with Crippen LogP contribution in [-0.4, -0.2) is 36.6 Å².